The Kier molecular flexibility index (Phi) is 6.14. The van der Waals surface area contributed by atoms with Gasteiger partial charge in [0.1, 0.15) is 0 Å². The van der Waals surface area contributed by atoms with Crippen LogP contribution in [0.15, 0.2) is 24.3 Å². The Balaban J connectivity index is 2.14. The molecule has 0 saturated carbocycles. The first-order valence-electron chi connectivity index (χ1n) is 8.35. The van der Waals surface area contributed by atoms with Crippen molar-refractivity contribution in [1.82, 2.24) is 14.7 Å². The summed E-state index contributed by atoms with van der Waals surface area (Å²) >= 11 is 0. The molecule has 1 aliphatic heterocycles. The lowest BCUT2D eigenvalue weighted by Crippen LogP contribution is -2.40. The molecule has 0 radical (unpaired) electrons. The third-order valence-corrected chi connectivity index (χ3v) is 4.36. The first-order valence-corrected chi connectivity index (χ1v) is 8.35. The molecule has 0 bridgehead atoms. The van der Waals surface area contributed by atoms with Gasteiger partial charge >= 0.3 is 0 Å². The molecule has 1 saturated heterocycles. The minimum absolute atomic E-state index is 0.117. The maximum absolute atomic E-state index is 12.8. The molecule has 136 valence electrons. The standard InChI is InChI=1S/C18H26N4O3/c1-13(23)21-8-9-22(12-16(11-21)17(19)24)18(25)15-6-4-14(5-7-15)10-20(2)3/h4-7,16H,8-12H2,1-3H3,(H2,19,24). The van der Waals surface area contributed by atoms with Crippen LogP contribution in [-0.2, 0) is 16.1 Å². The molecule has 1 atom stereocenters. The number of nitrogens with zero attached hydrogens (tertiary/aromatic N) is 3. The van der Waals surface area contributed by atoms with Gasteiger partial charge in [-0.1, -0.05) is 12.1 Å². The molecule has 1 aromatic rings. The highest BCUT2D eigenvalue weighted by Crippen LogP contribution is 2.14. The van der Waals surface area contributed by atoms with Crippen LogP contribution in [0.2, 0.25) is 0 Å². The van der Waals surface area contributed by atoms with Crippen LogP contribution in [0.1, 0.15) is 22.8 Å². The normalized spacial score (nSPS) is 18.2. The molecule has 1 aliphatic rings. The summed E-state index contributed by atoms with van der Waals surface area (Å²) in [5.41, 5.74) is 7.14. The van der Waals surface area contributed by atoms with Gasteiger partial charge in [-0.15, -0.1) is 0 Å². The Morgan fingerprint density at radius 3 is 2.16 bits per heavy atom. The van der Waals surface area contributed by atoms with Gasteiger partial charge in [0.2, 0.25) is 11.8 Å². The van der Waals surface area contributed by atoms with E-state index in [1.807, 2.05) is 26.2 Å². The Morgan fingerprint density at radius 2 is 1.64 bits per heavy atom. The average molecular weight is 346 g/mol. The van der Waals surface area contributed by atoms with Crippen LogP contribution < -0.4 is 5.73 Å². The Bertz CT molecular complexity index is 642. The lowest BCUT2D eigenvalue weighted by Gasteiger charge is -2.22. The van der Waals surface area contributed by atoms with E-state index in [1.165, 1.54) is 6.92 Å². The van der Waals surface area contributed by atoms with Crippen molar-refractivity contribution < 1.29 is 14.4 Å². The lowest BCUT2D eigenvalue weighted by atomic mass is 10.1. The van der Waals surface area contributed by atoms with Gasteiger partial charge in [-0.2, -0.15) is 0 Å². The number of carbonyl (C=O) groups excluding carboxylic acids is 3. The van der Waals surface area contributed by atoms with Crippen molar-refractivity contribution in [3.8, 4) is 0 Å². The quantitative estimate of drug-likeness (QED) is 0.841. The molecule has 3 amide bonds. The Labute approximate surface area is 148 Å². The second kappa shape index (κ2) is 8.11. The first-order chi connectivity index (χ1) is 11.8. The number of hydrogen-bond donors (Lipinski definition) is 1. The molecule has 2 N–H and O–H groups in total. The highest BCUT2D eigenvalue weighted by atomic mass is 16.2. The summed E-state index contributed by atoms with van der Waals surface area (Å²) in [5, 5.41) is 0. The van der Waals surface area contributed by atoms with Crippen LogP contribution in [-0.4, -0.2) is 72.7 Å². The minimum Gasteiger partial charge on any atom is -0.369 e. The fourth-order valence-electron chi connectivity index (χ4n) is 2.96. The SMILES string of the molecule is CC(=O)N1CCN(C(=O)c2ccc(CN(C)C)cc2)CC(C(N)=O)C1. The molecule has 0 spiro atoms. The summed E-state index contributed by atoms with van der Waals surface area (Å²) in [4.78, 5) is 41.4. The van der Waals surface area contributed by atoms with Gasteiger partial charge in [-0.3, -0.25) is 14.4 Å². The van der Waals surface area contributed by atoms with Crippen LogP contribution in [0.3, 0.4) is 0 Å². The van der Waals surface area contributed by atoms with Gasteiger partial charge in [-0.25, -0.2) is 0 Å². The predicted molar refractivity (Wildman–Crippen MR) is 94.7 cm³/mol. The van der Waals surface area contributed by atoms with Crippen LogP contribution in [0, 0.1) is 5.92 Å². The number of hydrogen-bond acceptors (Lipinski definition) is 4. The van der Waals surface area contributed by atoms with E-state index in [0.717, 1.165) is 12.1 Å². The molecule has 25 heavy (non-hydrogen) atoms. The van der Waals surface area contributed by atoms with E-state index in [0.29, 0.717) is 18.7 Å². The largest absolute Gasteiger partial charge is 0.369 e. The van der Waals surface area contributed by atoms with Gasteiger partial charge in [0, 0.05) is 45.2 Å². The van der Waals surface area contributed by atoms with Gasteiger partial charge in [0.25, 0.3) is 5.91 Å². The van der Waals surface area contributed by atoms with E-state index < -0.39 is 11.8 Å². The predicted octanol–water partition coefficient (Wildman–Crippen LogP) is 0.154. The highest BCUT2D eigenvalue weighted by molar-refractivity contribution is 5.94. The summed E-state index contributed by atoms with van der Waals surface area (Å²) in [6.07, 6.45) is 0. The van der Waals surface area contributed by atoms with Gasteiger partial charge in [0.05, 0.1) is 5.92 Å². The monoisotopic (exact) mass is 346 g/mol. The number of primary amides is 1. The molecular formula is C18H26N4O3. The van der Waals surface area contributed by atoms with E-state index in [4.69, 9.17) is 5.73 Å². The van der Waals surface area contributed by atoms with E-state index in [-0.39, 0.29) is 24.9 Å². The topological polar surface area (TPSA) is 87.0 Å². The maximum Gasteiger partial charge on any atom is 0.253 e. The van der Waals surface area contributed by atoms with Crippen molar-refractivity contribution in [3.05, 3.63) is 35.4 Å². The van der Waals surface area contributed by atoms with E-state index in [1.54, 1.807) is 21.9 Å². The lowest BCUT2D eigenvalue weighted by molar-refractivity contribution is -0.130. The molecule has 0 aromatic heterocycles. The molecule has 1 unspecified atom stereocenters. The fourth-order valence-corrected chi connectivity index (χ4v) is 2.96. The van der Waals surface area contributed by atoms with Crippen LogP contribution >= 0.6 is 0 Å². The Hall–Kier alpha value is -2.41. The highest BCUT2D eigenvalue weighted by Gasteiger charge is 2.30. The summed E-state index contributed by atoms with van der Waals surface area (Å²) in [5.74, 6) is -1.31. The molecule has 7 nitrogen and oxygen atoms in total. The van der Waals surface area contributed by atoms with Gasteiger partial charge in [-0.05, 0) is 31.8 Å². The summed E-state index contributed by atoms with van der Waals surface area (Å²) in [7, 11) is 3.97. The van der Waals surface area contributed by atoms with Crippen LogP contribution in [0.5, 0.6) is 0 Å². The maximum atomic E-state index is 12.8. The number of nitrogens with two attached hydrogens (primary N) is 1. The molecule has 1 fully saturated rings. The van der Waals surface area contributed by atoms with Crippen molar-refractivity contribution in [3.63, 3.8) is 0 Å². The van der Waals surface area contributed by atoms with E-state index >= 15 is 0 Å². The third-order valence-electron chi connectivity index (χ3n) is 4.36. The zero-order valence-electron chi connectivity index (χ0n) is 15.1. The van der Waals surface area contributed by atoms with E-state index in [2.05, 4.69) is 4.90 Å². The summed E-state index contributed by atoms with van der Waals surface area (Å²) in [6.45, 7) is 3.55. The van der Waals surface area contributed by atoms with E-state index in [9.17, 15) is 14.4 Å². The third kappa shape index (κ3) is 5.03. The molecule has 7 heteroatoms. The number of benzene rings is 1. The molecule has 1 aromatic carbocycles. The summed E-state index contributed by atoms with van der Waals surface area (Å²) < 4.78 is 0. The van der Waals surface area contributed by atoms with Crippen LogP contribution in [0.4, 0.5) is 0 Å². The van der Waals surface area contributed by atoms with Gasteiger partial charge in [0.15, 0.2) is 0 Å². The smallest absolute Gasteiger partial charge is 0.253 e. The van der Waals surface area contributed by atoms with Crippen molar-refractivity contribution in [2.45, 2.75) is 13.5 Å². The number of rotatable bonds is 4. The fraction of sp³-hybridized carbons (Fsp3) is 0.500. The van der Waals surface area contributed by atoms with Crippen molar-refractivity contribution in [2.75, 3.05) is 40.3 Å². The summed E-state index contributed by atoms with van der Waals surface area (Å²) in [6, 6.07) is 7.46. The molecular weight excluding hydrogens is 320 g/mol. The second-order valence-electron chi connectivity index (χ2n) is 6.75. The van der Waals surface area contributed by atoms with Crippen molar-refractivity contribution in [1.29, 1.82) is 0 Å². The molecule has 2 rings (SSSR count). The van der Waals surface area contributed by atoms with Crippen molar-refractivity contribution >= 4 is 17.7 Å². The first kappa shape index (κ1) is 18.9. The van der Waals surface area contributed by atoms with Gasteiger partial charge < -0.3 is 20.4 Å². The minimum atomic E-state index is -0.552. The average Bonchev–Trinajstić information content (AvgIpc) is 2.77. The van der Waals surface area contributed by atoms with Crippen molar-refractivity contribution in [2.24, 2.45) is 11.7 Å². The zero-order chi connectivity index (χ0) is 18.6. The zero-order valence-corrected chi connectivity index (χ0v) is 15.1. The Morgan fingerprint density at radius 1 is 1.08 bits per heavy atom. The van der Waals surface area contributed by atoms with Crippen LogP contribution in [0.25, 0.3) is 0 Å². The number of amides is 3. The molecule has 1 heterocycles. The second-order valence-corrected chi connectivity index (χ2v) is 6.75. The molecule has 0 aliphatic carbocycles. The number of carbonyl (C=O) groups is 3.